The number of likely N-dealkylation sites (N-methyl/N-ethyl adjacent to an activating group) is 1. The van der Waals surface area contributed by atoms with Gasteiger partial charge in [0.2, 0.25) is 0 Å². The highest BCUT2D eigenvalue weighted by molar-refractivity contribution is 7.17. The average molecular weight is 235 g/mol. The van der Waals surface area contributed by atoms with Gasteiger partial charge >= 0.3 is 0 Å². The Balaban J connectivity index is 2.36. The highest BCUT2D eigenvalue weighted by atomic mass is 32.1. The van der Waals surface area contributed by atoms with Crippen molar-refractivity contribution in [3.63, 3.8) is 0 Å². The molecule has 1 aromatic heterocycles. The molecule has 0 aliphatic heterocycles. The molecule has 3 heteroatoms. The maximum absolute atomic E-state index is 9.47. The van der Waals surface area contributed by atoms with Crippen LogP contribution in [0.1, 0.15) is 18.4 Å². The third-order valence-electron chi connectivity index (χ3n) is 3.16. The summed E-state index contributed by atoms with van der Waals surface area (Å²) in [6, 6.07) is 8.84. The van der Waals surface area contributed by atoms with Gasteiger partial charge in [-0.05, 0) is 48.5 Å². The van der Waals surface area contributed by atoms with Crippen LogP contribution >= 0.6 is 11.3 Å². The molecular weight excluding hydrogens is 218 g/mol. The molecule has 2 unspecified atom stereocenters. The van der Waals surface area contributed by atoms with Crippen molar-refractivity contribution in [1.29, 1.82) is 0 Å². The zero-order valence-electron chi connectivity index (χ0n) is 9.60. The van der Waals surface area contributed by atoms with Crippen LogP contribution in [-0.4, -0.2) is 24.8 Å². The largest absolute Gasteiger partial charge is 0.396 e. The van der Waals surface area contributed by atoms with Gasteiger partial charge in [0.1, 0.15) is 0 Å². The fourth-order valence-electron chi connectivity index (χ4n) is 1.97. The van der Waals surface area contributed by atoms with E-state index in [2.05, 4.69) is 41.9 Å². The Morgan fingerprint density at radius 1 is 1.38 bits per heavy atom. The minimum Gasteiger partial charge on any atom is -0.396 e. The van der Waals surface area contributed by atoms with Crippen molar-refractivity contribution in [2.45, 2.75) is 18.9 Å². The SMILES string of the molecule is CNC(C)C(CO)c1ccc2sccc2c1. The van der Waals surface area contributed by atoms with Gasteiger partial charge < -0.3 is 10.4 Å². The van der Waals surface area contributed by atoms with Crippen LogP contribution in [0, 0.1) is 0 Å². The number of fused-ring (bicyclic) bond motifs is 1. The quantitative estimate of drug-likeness (QED) is 0.853. The Labute approximate surface area is 99.9 Å². The van der Waals surface area contributed by atoms with E-state index in [9.17, 15) is 5.11 Å². The summed E-state index contributed by atoms with van der Waals surface area (Å²) in [5.41, 5.74) is 1.20. The van der Waals surface area contributed by atoms with E-state index in [1.165, 1.54) is 15.6 Å². The number of hydrogen-bond donors (Lipinski definition) is 2. The lowest BCUT2D eigenvalue weighted by atomic mass is 9.92. The maximum atomic E-state index is 9.47. The normalized spacial score (nSPS) is 15.2. The maximum Gasteiger partial charge on any atom is 0.0514 e. The minimum atomic E-state index is 0.161. The highest BCUT2D eigenvalue weighted by Gasteiger charge is 2.17. The van der Waals surface area contributed by atoms with Crippen LogP contribution in [0.25, 0.3) is 10.1 Å². The molecule has 0 radical (unpaired) electrons. The van der Waals surface area contributed by atoms with E-state index in [-0.39, 0.29) is 18.6 Å². The molecule has 1 heterocycles. The standard InChI is InChI=1S/C13H17NOS/c1-9(14-2)12(8-15)10-3-4-13-11(7-10)5-6-16-13/h3-7,9,12,14-15H,8H2,1-2H3. The molecular formula is C13H17NOS. The Morgan fingerprint density at radius 2 is 2.19 bits per heavy atom. The van der Waals surface area contributed by atoms with Crippen molar-refractivity contribution in [3.8, 4) is 0 Å². The molecule has 0 saturated carbocycles. The molecule has 2 aromatic rings. The van der Waals surface area contributed by atoms with Crippen LogP contribution in [0.2, 0.25) is 0 Å². The number of rotatable bonds is 4. The van der Waals surface area contributed by atoms with Crippen molar-refractivity contribution >= 4 is 21.4 Å². The molecule has 0 bridgehead atoms. The summed E-state index contributed by atoms with van der Waals surface area (Å²) in [6.07, 6.45) is 0. The van der Waals surface area contributed by atoms with E-state index in [4.69, 9.17) is 0 Å². The number of nitrogens with one attached hydrogen (secondary N) is 1. The first-order chi connectivity index (χ1) is 7.76. The summed E-state index contributed by atoms with van der Waals surface area (Å²) >= 11 is 1.75. The number of hydrogen-bond acceptors (Lipinski definition) is 3. The molecule has 2 nitrogen and oxygen atoms in total. The van der Waals surface area contributed by atoms with Gasteiger partial charge in [-0.15, -0.1) is 11.3 Å². The van der Waals surface area contributed by atoms with E-state index in [1.54, 1.807) is 11.3 Å². The van der Waals surface area contributed by atoms with Crippen LogP contribution in [0.15, 0.2) is 29.6 Å². The van der Waals surface area contributed by atoms with Crippen molar-refractivity contribution in [1.82, 2.24) is 5.32 Å². The molecule has 0 fully saturated rings. The second kappa shape index (κ2) is 4.95. The summed E-state index contributed by atoms with van der Waals surface area (Å²) in [7, 11) is 1.93. The van der Waals surface area contributed by atoms with Gasteiger partial charge in [-0.1, -0.05) is 6.07 Å². The zero-order valence-corrected chi connectivity index (χ0v) is 10.4. The third-order valence-corrected chi connectivity index (χ3v) is 4.06. The molecule has 16 heavy (non-hydrogen) atoms. The number of benzene rings is 1. The van der Waals surface area contributed by atoms with Crippen molar-refractivity contribution in [3.05, 3.63) is 35.2 Å². The number of aliphatic hydroxyl groups is 1. The Kier molecular flexibility index (Phi) is 3.59. The fraction of sp³-hybridized carbons (Fsp3) is 0.385. The average Bonchev–Trinajstić information content (AvgIpc) is 2.77. The Hall–Kier alpha value is -0.900. The summed E-state index contributed by atoms with van der Waals surface area (Å²) in [6.45, 7) is 2.27. The van der Waals surface area contributed by atoms with E-state index < -0.39 is 0 Å². The van der Waals surface area contributed by atoms with Crippen LogP contribution in [-0.2, 0) is 0 Å². The van der Waals surface area contributed by atoms with E-state index in [0.717, 1.165) is 0 Å². The molecule has 86 valence electrons. The van der Waals surface area contributed by atoms with Crippen molar-refractivity contribution in [2.75, 3.05) is 13.7 Å². The zero-order chi connectivity index (χ0) is 11.5. The summed E-state index contributed by atoms with van der Waals surface area (Å²) in [5.74, 6) is 0.161. The van der Waals surface area contributed by atoms with Crippen molar-refractivity contribution < 1.29 is 5.11 Å². The van der Waals surface area contributed by atoms with Gasteiger partial charge in [0.05, 0.1) is 6.61 Å². The first-order valence-corrected chi connectivity index (χ1v) is 6.39. The van der Waals surface area contributed by atoms with E-state index >= 15 is 0 Å². The van der Waals surface area contributed by atoms with Crippen LogP contribution in [0.5, 0.6) is 0 Å². The molecule has 0 amide bonds. The van der Waals surface area contributed by atoms with E-state index in [0.29, 0.717) is 0 Å². The smallest absolute Gasteiger partial charge is 0.0514 e. The van der Waals surface area contributed by atoms with Gasteiger partial charge in [-0.25, -0.2) is 0 Å². The second-order valence-electron chi connectivity index (χ2n) is 4.08. The lowest BCUT2D eigenvalue weighted by molar-refractivity contribution is 0.243. The van der Waals surface area contributed by atoms with Gasteiger partial charge in [-0.3, -0.25) is 0 Å². The molecule has 0 spiro atoms. The first-order valence-electron chi connectivity index (χ1n) is 5.51. The molecule has 1 aromatic carbocycles. The molecule has 0 aliphatic rings. The molecule has 0 aliphatic carbocycles. The monoisotopic (exact) mass is 235 g/mol. The number of aliphatic hydroxyl groups excluding tert-OH is 1. The van der Waals surface area contributed by atoms with Crippen molar-refractivity contribution in [2.24, 2.45) is 0 Å². The minimum absolute atomic E-state index is 0.161. The van der Waals surface area contributed by atoms with E-state index in [1.807, 2.05) is 7.05 Å². The topological polar surface area (TPSA) is 32.3 Å². The summed E-state index contributed by atoms with van der Waals surface area (Å²) < 4.78 is 1.30. The van der Waals surface area contributed by atoms with Crippen LogP contribution in [0.4, 0.5) is 0 Å². The number of thiophene rings is 1. The van der Waals surface area contributed by atoms with Crippen LogP contribution < -0.4 is 5.32 Å². The lowest BCUT2D eigenvalue weighted by Gasteiger charge is -2.22. The Morgan fingerprint density at radius 3 is 2.88 bits per heavy atom. The Bertz CT molecular complexity index is 466. The first kappa shape index (κ1) is 11.6. The predicted octanol–water partition coefficient (Wildman–Crippen LogP) is 2.59. The van der Waals surface area contributed by atoms with Crippen LogP contribution in [0.3, 0.4) is 0 Å². The molecule has 2 atom stereocenters. The van der Waals surface area contributed by atoms with Gasteiger partial charge in [0.25, 0.3) is 0 Å². The molecule has 2 N–H and O–H groups in total. The highest BCUT2D eigenvalue weighted by Crippen LogP contribution is 2.26. The lowest BCUT2D eigenvalue weighted by Crippen LogP contribution is -2.30. The third kappa shape index (κ3) is 2.12. The molecule has 0 saturated heterocycles. The predicted molar refractivity (Wildman–Crippen MR) is 70.2 cm³/mol. The van der Waals surface area contributed by atoms with Gasteiger partial charge in [0, 0.05) is 16.7 Å². The molecule has 2 rings (SSSR count). The summed E-state index contributed by atoms with van der Waals surface area (Å²) in [4.78, 5) is 0. The summed E-state index contributed by atoms with van der Waals surface area (Å²) in [5, 5.41) is 16.0. The van der Waals surface area contributed by atoms with Gasteiger partial charge in [0.15, 0.2) is 0 Å². The second-order valence-corrected chi connectivity index (χ2v) is 5.03. The van der Waals surface area contributed by atoms with Gasteiger partial charge in [-0.2, -0.15) is 0 Å². The fourth-order valence-corrected chi connectivity index (χ4v) is 2.74.